The van der Waals surface area contributed by atoms with Crippen molar-refractivity contribution in [2.24, 2.45) is 5.92 Å². The summed E-state index contributed by atoms with van der Waals surface area (Å²) in [6.45, 7) is -0.557. The summed E-state index contributed by atoms with van der Waals surface area (Å²) in [5.74, 6) is 0.0477. The Hall–Kier alpha value is -1.40. The summed E-state index contributed by atoms with van der Waals surface area (Å²) in [5, 5.41) is 10.2. The molecule has 0 bridgehead atoms. The van der Waals surface area contributed by atoms with Crippen molar-refractivity contribution in [1.29, 1.82) is 0 Å². The molecule has 1 N–H and O–H groups in total. The van der Waals surface area contributed by atoms with Gasteiger partial charge in [-0.25, -0.2) is 0 Å². The summed E-state index contributed by atoms with van der Waals surface area (Å²) in [4.78, 5) is 0. The van der Waals surface area contributed by atoms with Gasteiger partial charge >= 0.3 is 6.61 Å². The number of hydrogen-bond acceptors (Lipinski definition) is 4. The van der Waals surface area contributed by atoms with Gasteiger partial charge in [-0.15, -0.1) is 0 Å². The van der Waals surface area contributed by atoms with Crippen molar-refractivity contribution in [2.75, 3.05) is 20.8 Å². The van der Waals surface area contributed by atoms with E-state index in [9.17, 15) is 13.9 Å². The third-order valence-electron chi connectivity index (χ3n) is 3.06. The Morgan fingerprint density at radius 3 is 2.45 bits per heavy atom. The number of ether oxygens (including phenoxy) is 3. The molecule has 2 atom stereocenters. The van der Waals surface area contributed by atoms with Gasteiger partial charge in [0, 0.05) is 13.7 Å². The van der Waals surface area contributed by atoms with E-state index in [2.05, 4.69) is 4.74 Å². The van der Waals surface area contributed by atoms with Crippen LogP contribution in [0.2, 0.25) is 0 Å². The number of rotatable bonds is 8. The van der Waals surface area contributed by atoms with Crippen LogP contribution in [-0.4, -0.2) is 32.5 Å². The summed E-state index contributed by atoms with van der Waals surface area (Å²) in [7, 11) is 2.95. The van der Waals surface area contributed by atoms with Gasteiger partial charge in [-0.1, -0.05) is 13.0 Å². The van der Waals surface area contributed by atoms with Crippen LogP contribution < -0.4 is 9.47 Å². The summed E-state index contributed by atoms with van der Waals surface area (Å²) in [6, 6.07) is 4.50. The van der Waals surface area contributed by atoms with Gasteiger partial charge in [-0.2, -0.15) is 8.78 Å². The number of aliphatic hydroxyl groups excluding tert-OH is 1. The van der Waals surface area contributed by atoms with Crippen LogP contribution in [-0.2, 0) is 4.74 Å². The number of benzene rings is 1. The Morgan fingerprint density at radius 2 is 1.90 bits per heavy atom. The fourth-order valence-electron chi connectivity index (χ4n) is 1.86. The zero-order valence-corrected chi connectivity index (χ0v) is 11.8. The number of alkyl halides is 2. The van der Waals surface area contributed by atoms with Crippen LogP contribution in [0.1, 0.15) is 25.0 Å². The first-order valence-corrected chi connectivity index (χ1v) is 6.29. The topological polar surface area (TPSA) is 47.9 Å². The van der Waals surface area contributed by atoms with E-state index in [0.717, 1.165) is 0 Å². The lowest BCUT2D eigenvalue weighted by Crippen LogP contribution is -2.12. The maximum Gasteiger partial charge on any atom is 0.387 e. The molecule has 0 aromatic heterocycles. The van der Waals surface area contributed by atoms with Gasteiger partial charge in [-0.05, 0) is 30.0 Å². The Labute approximate surface area is 117 Å². The molecule has 0 saturated carbocycles. The van der Waals surface area contributed by atoms with Crippen molar-refractivity contribution in [1.82, 2.24) is 0 Å². The molecule has 0 spiro atoms. The van der Waals surface area contributed by atoms with Gasteiger partial charge in [0.25, 0.3) is 0 Å². The average molecular weight is 290 g/mol. The predicted octanol–water partition coefficient (Wildman–Crippen LogP) is 3.00. The monoisotopic (exact) mass is 290 g/mol. The van der Waals surface area contributed by atoms with Gasteiger partial charge < -0.3 is 19.3 Å². The van der Waals surface area contributed by atoms with E-state index < -0.39 is 12.7 Å². The average Bonchev–Trinajstić information content (AvgIpc) is 2.43. The maximum atomic E-state index is 12.3. The molecule has 0 aliphatic carbocycles. The Kier molecular flexibility index (Phi) is 6.67. The summed E-state index contributed by atoms with van der Waals surface area (Å²) in [6.07, 6.45) is -0.120. The molecule has 6 heteroatoms. The molecule has 1 rings (SSSR count). The molecule has 20 heavy (non-hydrogen) atoms. The second-order valence-electron chi connectivity index (χ2n) is 4.49. The smallest absolute Gasteiger partial charge is 0.387 e. The predicted molar refractivity (Wildman–Crippen MR) is 70.2 cm³/mol. The quantitative estimate of drug-likeness (QED) is 0.799. The van der Waals surface area contributed by atoms with Gasteiger partial charge in [0.1, 0.15) is 0 Å². The molecule has 2 unspecified atom stereocenters. The zero-order chi connectivity index (χ0) is 15.1. The van der Waals surface area contributed by atoms with E-state index in [1.807, 2.05) is 6.92 Å². The van der Waals surface area contributed by atoms with Crippen molar-refractivity contribution in [3.05, 3.63) is 23.8 Å². The van der Waals surface area contributed by atoms with Gasteiger partial charge in [0.2, 0.25) is 0 Å². The van der Waals surface area contributed by atoms with Gasteiger partial charge in [0.15, 0.2) is 11.5 Å². The van der Waals surface area contributed by atoms with Crippen LogP contribution in [0, 0.1) is 5.92 Å². The molecular formula is C14H20F2O4. The Balaban J connectivity index is 2.89. The van der Waals surface area contributed by atoms with Crippen LogP contribution in [0.5, 0.6) is 11.5 Å². The molecule has 0 saturated heterocycles. The van der Waals surface area contributed by atoms with Crippen LogP contribution in [0.3, 0.4) is 0 Å². The highest BCUT2D eigenvalue weighted by Gasteiger charge is 2.19. The molecule has 1 aromatic rings. The molecule has 1 aromatic carbocycles. The lowest BCUT2D eigenvalue weighted by atomic mass is 9.94. The Morgan fingerprint density at radius 1 is 1.20 bits per heavy atom. The second-order valence-corrected chi connectivity index (χ2v) is 4.49. The number of hydrogen-bond donors (Lipinski definition) is 1. The first-order valence-electron chi connectivity index (χ1n) is 6.29. The molecule has 4 nitrogen and oxygen atoms in total. The molecular weight excluding hydrogens is 270 g/mol. The molecule has 0 aliphatic rings. The third kappa shape index (κ3) is 4.61. The van der Waals surface area contributed by atoms with Gasteiger partial charge in [-0.3, -0.25) is 0 Å². The van der Waals surface area contributed by atoms with Crippen LogP contribution in [0.15, 0.2) is 18.2 Å². The van der Waals surface area contributed by atoms with E-state index in [1.54, 1.807) is 13.2 Å². The molecule has 114 valence electrons. The van der Waals surface area contributed by atoms with Crippen molar-refractivity contribution in [3.8, 4) is 11.5 Å². The van der Waals surface area contributed by atoms with Crippen LogP contribution >= 0.6 is 0 Å². The Bertz CT molecular complexity index is 412. The molecule has 0 amide bonds. The minimum Gasteiger partial charge on any atom is -0.493 e. The first-order chi connectivity index (χ1) is 9.49. The van der Waals surface area contributed by atoms with E-state index in [-0.39, 0.29) is 17.4 Å². The number of methoxy groups -OCH3 is 2. The maximum absolute atomic E-state index is 12.3. The van der Waals surface area contributed by atoms with E-state index in [4.69, 9.17) is 9.47 Å². The van der Waals surface area contributed by atoms with E-state index >= 15 is 0 Å². The minimum atomic E-state index is -2.94. The molecule has 0 aliphatic heterocycles. The second kappa shape index (κ2) is 8.01. The highest BCUT2D eigenvalue weighted by atomic mass is 19.3. The third-order valence-corrected chi connectivity index (χ3v) is 3.06. The summed E-state index contributed by atoms with van der Waals surface area (Å²) < 4.78 is 39.0. The van der Waals surface area contributed by atoms with Crippen molar-refractivity contribution < 1.29 is 28.1 Å². The zero-order valence-electron chi connectivity index (χ0n) is 11.8. The fraction of sp³-hybridized carbons (Fsp3) is 0.571. The van der Waals surface area contributed by atoms with Crippen molar-refractivity contribution in [2.45, 2.75) is 26.1 Å². The van der Waals surface area contributed by atoms with Gasteiger partial charge in [0.05, 0.1) is 13.2 Å². The van der Waals surface area contributed by atoms with E-state index in [0.29, 0.717) is 18.6 Å². The highest BCUT2D eigenvalue weighted by molar-refractivity contribution is 5.43. The fourth-order valence-corrected chi connectivity index (χ4v) is 1.86. The minimum absolute atomic E-state index is 0.0669. The lowest BCUT2D eigenvalue weighted by Gasteiger charge is -2.20. The van der Waals surface area contributed by atoms with Crippen molar-refractivity contribution >= 4 is 0 Å². The molecule has 0 fully saturated rings. The standard InChI is InChI=1S/C14H20F2O4/c1-9(6-7-18-2)13(17)10-4-5-11(19-3)12(8-10)20-14(15)16/h4-5,8-9,13-14,17H,6-7H2,1-3H3. The lowest BCUT2D eigenvalue weighted by molar-refractivity contribution is -0.0514. The first kappa shape index (κ1) is 16.7. The summed E-state index contributed by atoms with van der Waals surface area (Å²) in [5.41, 5.74) is 0.505. The molecule has 0 radical (unpaired) electrons. The van der Waals surface area contributed by atoms with Crippen molar-refractivity contribution in [3.63, 3.8) is 0 Å². The number of halogens is 2. The molecule has 0 heterocycles. The van der Waals surface area contributed by atoms with Crippen LogP contribution in [0.4, 0.5) is 8.78 Å². The summed E-state index contributed by atoms with van der Waals surface area (Å²) >= 11 is 0. The van der Waals surface area contributed by atoms with Crippen LogP contribution in [0.25, 0.3) is 0 Å². The largest absolute Gasteiger partial charge is 0.493 e. The highest BCUT2D eigenvalue weighted by Crippen LogP contribution is 2.34. The SMILES string of the molecule is COCCC(C)C(O)c1ccc(OC)c(OC(F)F)c1. The normalized spacial score (nSPS) is 14.2. The van der Waals surface area contributed by atoms with E-state index in [1.165, 1.54) is 19.2 Å². The number of aliphatic hydroxyl groups is 1.